The minimum Gasteiger partial charge on any atom is -0.370 e. The van der Waals surface area contributed by atoms with Crippen LogP contribution >= 0.6 is 0 Å². The quantitative estimate of drug-likeness (QED) is 0.719. The monoisotopic (exact) mass is 374 g/mol. The standard InChI is InChI=1S/C23H26N4O/c24-23(28)8-4-5-18-9-10-21-20(17-18)22(11-12-25-21)27-15-13-26(14-16-27)19-6-2-1-3-7-19/h1-3,6-7,9-12,17H,4-5,8,13-16H2,(H2,24,28). The molecule has 5 heteroatoms. The van der Waals surface area contributed by atoms with Crippen LogP contribution in [0.3, 0.4) is 0 Å². The summed E-state index contributed by atoms with van der Waals surface area (Å²) in [5.41, 5.74) is 10.0. The van der Waals surface area contributed by atoms with E-state index in [4.69, 9.17) is 5.73 Å². The summed E-state index contributed by atoms with van der Waals surface area (Å²) in [6.45, 7) is 3.98. The van der Waals surface area contributed by atoms with Gasteiger partial charge in [-0.15, -0.1) is 0 Å². The number of hydrogen-bond donors (Lipinski definition) is 1. The maximum absolute atomic E-state index is 11.0. The first-order valence-corrected chi connectivity index (χ1v) is 9.91. The largest absolute Gasteiger partial charge is 0.370 e. The Kier molecular flexibility index (Phi) is 5.42. The second-order valence-electron chi connectivity index (χ2n) is 7.31. The van der Waals surface area contributed by atoms with Gasteiger partial charge in [-0.25, -0.2) is 0 Å². The predicted octanol–water partition coefficient (Wildman–Crippen LogP) is 3.37. The van der Waals surface area contributed by atoms with Gasteiger partial charge in [-0.05, 0) is 48.7 Å². The molecule has 1 aliphatic rings. The van der Waals surface area contributed by atoms with Crippen molar-refractivity contribution in [2.75, 3.05) is 36.0 Å². The van der Waals surface area contributed by atoms with Crippen LogP contribution in [0.5, 0.6) is 0 Å². The number of amides is 1. The fourth-order valence-corrected chi connectivity index (χ4v) is 3.92. The zero-order chi connectivity index (χ0) is 19.3. The van der Waals surface area contributed by atoms with Gasteiger partial charge in [0.1, 0.15) is 0 Å². The molecule has 2 aromatic carbocycles. The van der Waals surface area contributed by atoms with Gasteiger partial charge in [0.15, 0.2) is 0 Å². The van der Waals surface area contributed by atoms with Crippen LogP contribution < -0.4 is 15.5 Å². The number of rotatable bonds is 6. The first-order chi connectivity index (χ1) is 13.7. The highest BCUT2D eigenvalue weighted by atomic mass is 16.1. The Morgan fingerprint density at radius 3 is 2.46 bits per heavy atom. The fourth-order valence-electron chi connectivity index (χ4n) is 3.92. The van der Waals surface area contributed by atoms with Crippen LogP contribution in [0.1, 0.15) is 18.4 Å². The maximum atomic E-state index is 11.0. The topological polar surface area (TPSA) is 62.5 Å². The van der Waals surface area contributed by atoms with Crippen molar-refractivity contribution in [1.82, 2.24) is 4.98 Å². The maximum Gasteiger partial charge on any atom is 0.217 e. The molecule has 0 atom stereocenters. The minimum atomic E-state index is -0.237. The van der Waals surface area contributed by atoms with Crippen LogP contribution in [0, 0.1) is 0 Å². The van der Waals surface area contributed by atoms with E-state index in [2.05, 4.69) is 69.4 Å². The van der Waals surface area contributed by atoms with Crippen molar-refractivity contribution in [3.05, 3.63) is 66.4 Å². The van der Waals surface area contributed by atoms with Crippen molar-refractivity contribution in [2.24, 2.45) is 5.73 Å². The number of carbonyl (C=O) groups is 1. The number of pyridine rings is 1. The first-order valence-electron chi connectivity index (χ1n) is 9.91. The van der Waals surface area contributed by atoms with E-state index in [1.54, 1.807) is 0 Å². The highest BCUT2D eigenvalue weighted by Gasteiger charge is 2.19. The van der Waals surface area contributed by atoms with E-state index in [0.29, 0.717) is 6.42 Å². The Morgan fingerprint density at radius 1 is 0.964 bits per heavy atom. The Bertz CT molecular complexity index is 949. The van der Waals surface area contributed by atoms with E-state index in [9.17, 15) is 4.79 Å². The van der Waals surface area contributed by atoms with Crippen LogP contribution in [-0.4, -0.2) is 37.1 Å². The number of fused-ring (bicyclic) bond motifs is 1. The summed E-state index contributed by atoms with van der Waals surface area (Å²) in [5, 5.41) is 1.19. The Morgan fingerprint density at radius 2 is 1.71 bits per heavy atom. The smallest absolute Gasteiger partial charge is 0.217 e. The molecule has 2 heterocycles. The number of piperazine rings is 1. The zero-order valence-corrected chi connectivity index (χ0v) is 16.1. The number of anilines is 2. The highest BCUT2D eigenvalue weighted by molar-refractivity contribution is 5.92. The molecule has 1 fully saturated rings. The van der Waals surface area contributed by atoms with Crippen molar-refractivity contribution < 1.29 is 4.79 Å². The van der Waals surface area contributed by atoms with Gasteiger partial charge in [0.25, 0.3) is 0 Å². The van der Waals surface area contributed by atoms with Gasteiger partial charge < -0.3 is 15.5 Å². The summed E-state index contributed by atoms with van der Waals surface area (Å²) >= 11 is 0. The number of nitrogens with two attached hydrogens (primary N) is 1. The molecule has 4 rings (SSSR count). The molecule has 0 unspecified atom stereocenters. The number of hydrogen-bond acceptors (Lipinski definition) is 4. The Balaban J connectivity index is 1.51. The minimum absolute atomic E-state index is 0.237. The highest BCUT2D eigenvalue weighted by Crippen LogP contribution is 2.28. The second kappa shape index (κ2) is 8.30. The summed E-state index contributed by atoms with van der Waals surface area (Å²) in [6.07, 6.45) is 3.97. The molecule has 3 aromatic rings. The van der Waals surface area contributed by atoms with Crippen LogP contribution in [0.2, 0.25) is 0 Å². The molecule has 0 saturated carbocycles. The molecule has 144 valence electrons. The normalized spacial score (nSPS) is 14.4. The van der Waals surface area contributed by atoms with E-state index in [1.807, 2.05) is 6.20 Å². The molecule has 0 aliphatic carbocycles. The average Bonchev–Trinajstić information content (AvgIpc) is 2.74. The molecule has 5 nitrogen and oxygen atoms in total. The Hall–Kier alpha value is -3.08. The fraction of sp³-hybridized carbons (Fsp3) is 0.304. The van der Waals surface area contributed by atoms with E-state index in [-0.39, 0.29) is 5.91 Å². The van der Waals surface area contributed by atoms with Gasteiger partial charge in [-0.2, -0.15) is 0 Å². The lowest BCUT2D eigenvalue weighted by Crippen LogP contribution is -2.46. The van der Waals surface area contributed by atoms with Crippen LogP contribution in [0.4, 0.5) is 11.4 Å². The zero-order valence-electron chi connectivity index (χ0n) is 16.1. The molecule has 1 saturated heterocycles. The van der Waals surface area contributed by atoms with E-state index >= 15 is 0 Å². The summed E-state index contributed by atoms with van der Waals surface area (Å²) in [4.78, 5) is 20.4. The van der Waals surface area contributed by atoms with Crippen molar-refractivity contribution in [1.29, 1.82) is 0 Å². The van der Waals surface area contributed by atoms with Crippen molar-refractivity contribution in [3.63, 3.8) is 0 Å². The third-order valence-corrected chi connectivity index (χ3v) is 5.41. The SMILES string of the molecule is NC(=O)CCCc1ccc2nccc(N3CCN(c4ccccc4)CC3)c2c1. The second-order valence-corrected chi connectivity index (χ2v) is 7.31. The number of aromatic nitrogens is 1. The van der Waals surface area contributed by atoms with Gasteiger partial charge in [-0.3, -0.25) is 9.78 Å². The lowest BCUT2D eigenvalue weighted by atomic mass is 10.0. The summed E-state index contributed by atoms with van der Waals surface area (Å²) in [6, 6.07) is 19.1. The molecule has 1 aromatic heterocycles. The molecule has 1 aliphatic heterocycles. The molecular weight excluding hydrogens is 348 g/mol. The van der Waals surface area contributed by atoms with Crippen molar-refractivity contribution in [3.8, 4) is 0 Å². The summed E-state index contributed by atoms with van der Waals surface area (Å²) < 4.78 is 0. The van der Waals surface area contributed by atoms with E-state index in [0.717, 1.165) is 44.5 Å². The molecule has 0 spiro atoms. The molecule has 1 amide bonds. The van der Waals surface area contributed by atoms with Gasteiger partial charge in [-0.1, -0.05) is 24.3 Å². The predicted molar refractivity (Wildman–Crippen MR) is 115 cm³/mol. The number of nitrogens with zero attached hydrogens (tertiary/aromatic N) is 3. The third-order valence-electron chi connectivity index (χ3n) is 5.41. The number of para-hydroxylation sites is 1. The Labute approximate surface area is 165 Å². The third kappa shape index (κ3) is 4.09. The number of aryl methyl sites for hydroxylation is 1. The van der Waals surface area contributed by atoms with Gasteiger partial charge in [0.2, 0.25) is 5.91 Å². The van der Waals surface area contributed by atoms with Crippen LogP contribution in [0.25, 0.3) is 10.9 Å². The van der Waals surface area contributed by atoms with Crippen LogP contribution in [-0.2, 0) is 11.2 Å². The van der Waals surface area contributed by atoms with Crippen molar-refractivity contribution >= 4 is 28.2 Å². The molecular formula is C23H26N4O. The van der Waals surface area contributed by atoms with Gasteiger partial charge in [0, 0.05) is 55.6 Å². The average molecular weight is 374 g/mol. The molecule has 0 bridgehead atoms. The number of benzene rings is 2. The molecule has 2 N–H and O–H groups in total. The molecule has 28 heavy (non-hydrogen) atoms. The van der Waals surface area contributed by atoms with Crippen LogP contribution in [0.15, 0.2) is 60.8 Å². The first kappa shape index (κ1) is 18.3. The lowest BCUT2D eigenvalue weighted by Gasteiger charge is -2.37. The summed E-state index contributed by atoms with van der Waals surface area (Å²) in [7, 11) is 0. The number of primary amides is 1. The lowest BCUT2D eigenvalue weighted by molar-refractivity contribution is -0.118. The van der Waals surface area contributed by atoms with E-state index < -0.39 is 0 Å². The van der Waals surface area contributed by atoms with Gasteiger partial charge in [0.05, 0.1) is 5.52 Å². The number of carbonyl (C=O) groups excluding carboxylic acids is 1. The van der Waals surface area contributed by atoms with E-state index in [1.165, 1.54) is 22.3 Å². The molecule has 0 radical (unpaired) electrons. The van der Waals surface area contributed by atoms with Crippen molar-refractivity contribution in [2.45, 2.75) is 19.3 Å². The van der Waals surface area contributed by atoms with Gasteiger partial charge >= 0.3 is 0 Å². The summed E-state index contributed by atoms with van der Waals surface area (Å²) in [5.74, 6) is -0.237.